The maximum absolute atomic E-state index is 12.9. The summed E-state index contributed by atoms with van der Waals surface area (Å²) in [5.74, 6) is -0.334. The fraction of sp³-hybridized carbons (Fsp3) is 0.375. The second-order valence-corrected chi connectivity index (χ2v) is 5.54. The van der Waals surface area contributed by atoms with Crippen molar-refractivity contribution >= 4 is 5.91 Å². The number of rotatable bonds is 6. The van der Waals surface area contributed by atoms with Crippen LogP contribution in [0.15, 0.2) is 41.3 Å². The van der Waals surface area contributed by atoms with Crippen molar-refractivity contribution in [2.24, 2.45) is 5.92 Å². The summed E-state index contributed by atoms with van der Waals surface area (Å²) < 4.78 is 18.0. The summed E-state index contributed by atoms with van der Waals surface area (Å²) in [6, 6.07) is 5.58. The van der Waals surface area contributed by atoms with Gasteiger partial charge < -0.3 is 14.4 Å². The number of benzene rings is 1. The first-order valence-electron chi connectivity index (χ1n) is 7.08. The molecule has 22 heavy (non-hydrogen) atoms. The molecule has 0 saturated heterocycles. The van der Waals surface area contributed by atoms with E-state index in [1.54, 1.807) is 0 Å². The Balaban J connectivity index is 2.12. The summed E-state index contributed by atoms with van der Waals surface area (Å²) in [4.78, 5) is 17.6. The van der Waals surface area contributed by atoms with Gasteiger partial charge in [0, 0.05) is 6.54 Å². The van der Waals surface area contributed by atoms with Crippen LogP contribution in [0.3, 0.4) is 0 Å². The number of aromatic nitrogens is 1. The smallest absolute Gasteiger partial charge is 0.291 e. The summed E-state index contributed by atoms with van der Waals surface area (Å²) >= 11 is 0. The summed E-state index contributed by atoms with van der Waals surface area (Å²) in [7, 11) is 0. The van der Waals surface area contributed by atoms with Crippen molar-refractivity contribution < 1.29 is 18.7 Å². The lowest BCUT2D eigenvalue weighted by molar-refractivity contribution is 0.0565. The second-order valence-electron chi connectivity index (χ2n) is 5.54. The van der Waals surface area contributed by atoms with Crippen LogP contribution in [0.4, 0.5) is 4.39 Å². The topological polar surface area (TPSA) is 66.6 Å². The van der Waals surface area contributed by atoms with Gasteiger partial charge in [-0.2, -0.15) is 0 Å². The molecule has 0 radical (unpaired) electrons. The van der Waals surface area contributed by atoms with Gasteiger partial charge in [-0.3, -0.25) is 4.79 Å². The predicted molar refractivity (Wildman–Crippen MR) is 78.6 cm³/mol. The first-order chi connectivity index (χ1) is 10.5. The molecule has 0 aliphatic carbocycles. The number of amides is 1. The Morgan fingerprint density at radius 3 is 2.55 bits per heavy atom. The summed E-state index contributed by atoms with van der Waals surface area (Å²) in [6.45, 7) is 4.52. The van der Waals surface area contributed by atoms with E-state index in [1.807, 2.05) is 13.8 Å². The van der Waals surface area contributed by atoms with E-state index in [4.69, 9.17) is 4.42 Å². The Bertz CT molecular complexity index is 596. The van der Waals surface area contributed by atoms with Gasteiger partial charge in [0.05, 0.1) is 18.8 Å². The van der Waals surface area contributed by atoms with Crippen molar-refractivity contribution in [3.8, 4) is 0 Å². The van der Waals surface area contributed by atoms with Gasteiger partial charge >= 0.3 is 0 Å². The van der Waals surface area contributed by atoms with Gasteiger partial charge in [-0.05, 0) is 23.6 Å². The molecular formula is C16H19FN2O3. The Labute approximate surface area is 128 Å². The van der Waals surface area contributed by atoms with Crippen LogP contribution in [0.1, 0.15) is 36.1 Å². The first-order valence-corrected chi connectivity index (χ1v) is 7.08. The Hall–Kier alpha value is -2.21. The van der Waals surface area contributed by atoms with Gasteiger partial charge in [0.2, 0.25) is 5.76 Å². The molecule has 1 amide bonds. The van der Waals surface area contributed by atoms with Gasteiger partial charge in [-0.25, -0.2) is 9.37 Å². The third kappa shape index (κ3) is 4.14. The molecule has 1 aromatic heterocycles. The zero-order valence-electron chi connectivity index (χ0n) is 12.6. The highest BCUT2D eigenvalue weighted by atomic mass is 19.1. The Kier molecular flexibility index (Phi) is 5.27. The van der Waals surface area contributed by atoms with Crippen LogP contribution in [0.2, 0.25) is 0 Å². The van der Waals surface area contributed by atoms with Crippen molar-refractivity contribution in [2.75, 3.05) is 13.1 Å². The predicted octanol–water partition coefficient (Wildman–Crippen LogP) is 2.65. The maximum atomic E-state index is 12.9. The normalized spacial score (nSPS) is 12.4. The number of hydrogen-bond acceptors (Lipinski definition) is 4. The van der Waals surface area contributed by atoms with E-state index in [2.05, 4.69) is 4.98 Å². The van der Waals surface area contributed by atoms with Crippen molar-refractivity contribution in [3.63, 3.8) is 0 Å². The summed E-state index contributed by atoms with van der Waals surface area (Å²) in [6.07, 6.45) is 1.64. The molecular weight excluding hydrogens is 287 g/mol. The highest BCUT2D eigenvalue weighted by molar-refractivity contribution is 5.91. The molecule has 1 atom stereocenters. The van der Waals surface area contributed by atoms with Crippen LogP contribution >= 0.6 is 0 Å². The third-order valence-electron chi connectivity index (χ3n) is 3.16. The minimum absolute atomic E-state index is 0.101. The molecule has 0 aliphatic heterocycles. The Morgan fingerprint density at radius 2 is 2.00 bits per heavy atom. The molecule has 5 nitrogen and oxygen atoms in total. The molecule has 2 rings (SSSR count). The van der Waals surface area contributed by atoms with Crippen molar-refractivity contribution in [1.29, 1.82) is 0 Å². The molecule has 1 heterocycles. The monoisotopic (exact) mass is 306 g/mol. The number of halogens is 1. The zero-order chi connectivity index (χ0) is 16.1. The summed E-state index contributed by atoms with van der Waals surface area (Å²) in [5.41, 5.74) is 0.556. The van der Waals surface area contributed by atoms with Crippen LogP contribution in [-0.2, 0) is 0 Å². The van der Waals surface area contributed by atoms with Gasteiger partial charge in [-0.1, -0.05) is 26.0 Å². The second kappa shape index (κ2) is 7.17. The molecule has 6 heteroatoms. The largest absolute Gasteiger partial charge is 0.438 e. The van der Waals surface area contributed by atoms with Crippen LogP contribution in [-0.4, -0.2) is 34.0 Å². The molecule has 0 bridgehead atoms. The van der Waals surface area contributed by atoms with Gasteiger partial charge in [0.15, 0.2) is 6.39 Å². The number of carbonyl (C=O) groups excluding carboxylic acids is 1. The lowest BCUT2D eigenvalue weighted by Crippen LogP contribution is -2.37. The molecule has 0 spiro atoms. The number of carbonyl (C=O) groups is 1. The Morgan fingerprint density at radius 1 is 1.32 bits per heavy atom. The number of aliphatic hydroxyl groups excluding tert-OH is 1. The van der Waals surface area contributed by atoms with Crippen LogP contribution in [0.5, 0.6) is 0 Å². The number of aliphatic hydroxyl groups is 1. The highest BCUT2D eigenvalue weighted by Crippen LogP contribution is 2.17. The minimum Gasteiger partial charge on any atom is -0.438 e. The van der Waals surface area contributed by atoms with Crippen molar-refractivity contribution in [3.05, 3.63) is 54.0 Å². The summed E-state index contributed by atoms with van der Waals surface area (Å²) in [5, 5.41) is 10.3. The molecule has 2 aromatic rings. The van der Waals surface area contributed by atoms with Gasteiger partial charge in [0.25, 0.3) is 5.91 Å². The van der Waals surface area contributed by atoms with E-state index in [-0.39, 0.29) is 29.9 Å². The van der Waals surface area contributed by atoms with E-state index in [1.165, 1.54) is 41.8 Å². The SMILES string of the molecule is CC(C)CN(CC(O)c1ccc(F)cc1)C(=O)c1cnco1. The van der Waals surface area contributed by atoms with E-state index in [0.717, 1.165) is 0 Å². The fourth-order valence-corrected chi connectivity index (χ4v) is 2.16. The minimum atomic E-state index is -0.897. The third-order valence-corrected chi connectivity index (χ3v) is 3.16. The van der Waals surface area contributed by atoms with E-state index in [0.29, 0.717) is 12.1 Å². The quantitative estimate of drug-likeness (QED) is 0.891. The van der Waals surface area contributed by atoms with E-state index < -0.39 is 6.10 Å². The zero-order valence-corrected chi connectivity index (χ0v) is 12.6. The molecule has 1 aromatic carbocycles. The number of oxazole rings is 1. The lowest BCUT2D eigenvalue weighted by Gasteiger charge is -2.26. The molecule has 0 saturated carbocycles. The van der Waals surface area contributed by atoms with Crippen LogP contribution in [0.25, 0.3) is 0 Å². The standard InChI is InChI=1S/C16H19FN2O3/c1-11(2)8-19(16(21)15-7-18-10-22-15)9-14(20)12-3-5-13(17)6-4-12/h3-7,10-11,14,20H,8-9H2,1-2H3. The van der Waals surface area contributed by atoms with Crippen molar-refractivity contribution in [2.45, 2.75) is 20.0 Å². The van der Waals surface area contributed by atoms with Gasteiger partial charge in [0.1, 0.15) is 5.82 Å². The molecule has 0 aliphatic rings. The van der Waals surface area contributed by atoms with Crippen LogP contribution < -0.4 is 0 Å². The fourth-order valence-electron chi connectivity index (χ4n) is 2.16. The average Bonchev–Trinajstić information content (AvgIpc) is 3.00. The first kappa shape index (κ1) is 16.2. The molecule has 118 valence electrons. The average molecular weight is 306 g/mol. The molecule has 1 unspecified atom stereocenters. The molecule has 1 N–H and O–H groups in total. The van der Waals surface area contributed by atoms with E-state index >= 15 is 0 Å². The number of hydrogen-bond donors (Lipinski definition) is 1. The van der Waals surface area contributed by atoms with E-state index in [9.17, 15) is 14.3 Å². The van der Waals surface area contributed by atoms with Crippen molar-refractivity contribution in [1.82, 2.24) is 9.88 Å². The lowest BCUT2D eigenvalue weighted by atomic mass is 10.1. The maximum Gasteiger partial charge on any atom is 0.291 e. The highest BCUT2D eigenvalue weighted by Gasteiger charge is 2.23. The number of nitrogens with zero attached hydrogens (tertiary/aromatic N) is 2. The van der Waals surface area contributed by atoms with Gasteiger partial charge in [-0.15, -0.1) is 0 Å². The molecule has 0 fully saturated rings. The van der Waals surface area contributed by atoms with Crippen LogP contribution in [0, 0.1) is 11.7 Å².